The lowest BCUT2D eigenvalue weighted by Gasteiger charge is -2.12. The third kappa shape index (κ3) is 5.97. The highest BCUT2D eigenvalue weighted by Crippen LogP contribution is 2.25. The summed E-state index contributed by atoms with van der Waals surface area (Å²) in [5, 5.41) is 21.4. The van der Waals surface area contributed by atoms with Crippen LogP contribution in [0.25, 0.3) is 11.8 Å². The van der Waals surface area contributed by atoms with Crippen LogP contribution in [-0.2, 0) is 11.4 Å². The third-order valence-electron chi connectivity index (χ3n) is 5.92. The number of nitriles is 1. The summed E-state index contributed by atoms with van der Waals surface area (Å²) in [7, 11) is 0. The first kappa shape index (κ1) is 25.9. The summed E-state index contributed by atoms with van der Waals surface area (Å²) in [5.41, 5.74) is 4.36. The number of halogens is 1. The molecule has 7 nitrogen and oxygen atoms in total. The minimum atomic E-state index is -1.11. The molecule has 1 amide bonds. The molecule has 0 saturated heterocycles. The Labute approximate surface area is 219 Å². The maximum Gasteiger partial charge on any atom is 0.335 e. The number of hydrogen-bond acceptors (Lipinski definition) is 4. The van der Waals surface area contributed by atoms with Crippen molar-refractivity contribution < 1.29 is 23.8 Å². The molecule has 0 unspecified atom stereocenters. The van der Waals surface area contributed by atoms with Crippen molar-refractivity contribution in [3.63, 3.8) is 0 Å². The number of amides is 1. The molecule has 1 aromatic heterocycles. The number of rotatable bonds is 8. The highest BCUT2D eigenvalue weighted by atomic mass is 19.1. The fourth-order valence-corrected chi connectivity index (χ4v) is 4.00. The molecule has 190 valence electrons. The number of aryl methyl sites for hydroxylation is 1. The second-order valence-corrected chi connectivity index (χ2v) is 8.58. The number of nitrogens with zero attached hydrogens (tertiary/aromatic N) is 2. The minimum Gasteiger partial charge on any atom is -0.489 e. The average Bonchev–Trinajstić information content (AvgIpc) is 3.19. The number of carbonyl (C=O) groups is 2. The maximum atomic E-state index is 13.1. The predicted octanol–water partition coefficient (Wildman–Crippen LogP) is 6.06. The van der Waals surface area contributed by atoms with Crippen molar-refractivity contribution in [2.75, 3.05) is 5.32 Å². The predicted molar refractivity (Wildman–Crippen MR) is 142 cm³/mol. The van der Waals surface area contributed by atoms with Gasteiger partial charge in [-0.3, -0.25) is 4.79 Å². The van der Waals surface area contributed by atoms with Crippen LogP contribution in [0.3, 0.4) is 0 Å². The molecule has 2 N–H and O–H groups in total. The molecule has 0 radical (unpaired) electrons. The zero-order valence-corrected chi connectivity index (χ0v) is 20.7. The van der Waals surface area contributed by atoms with E-state index in [1.54, 1.807) is 18.2 Å². The SMILES string of the molecule is Cc1cc(/C=C(/C#N)C(=O)Nc2cccc(C(=O)O)c2)c(C)n1-c1ccc(OCc2ccc(F)cc2)cc1. The van der Waals surface area contributed by atoms with Gasteiger partial charge in [0.05, 0.1) is 5.56 Å². The molecule has 0 fully saturated rings. The molecule has 0 saturated carbocycles. The van der Waals surface area contributed by atoms with Crippen LogP contribution < -0.4 is 10.1 Å². The van der Waals surface area contributed by atoms with Gasteiger partial charge < -0.3 is 19.7 Å². The van der Waals surface area contributed by atoms with Gasteiger partial charge in [0.2, 0.25) is 0 Å². The number of carboxylic acids is 1. The van der Waals surface area contributed by atoms with E-state index < -0.39 is 11.9 Å². The van der Waals surface area contributed by atoms with Crippen LogP contribution in [0.5, 0.6) is 5.75 Å². The van der Waals surface area contributed by atoms with Crippen LogP contribution in [0.4, 0.5) is 10.1 Å². The van der Waals surface area contributed by atoms with Gasteiger partial charge in [0.25, 0.3) is 5.91 Å². The van der Waals surface area contributed by atoms with Crippen LogP contribution in [-0.4, -0.2) is 21.6 Å². The lowest BCUT2D eigenvalue weighted by atomic mass is 10.1. The summed E-state index contributed by atoms with van der Waals surface area (Å²) < 4.78 is 20.9. The van der Waals surface area contributed by atoms with Gasteiger partial charge in [-0.05, 0) is 91.7 Å². The van der Waals surface area contributed by atoms with Gasteiger partial charge in [-0.1, -0.05) is 18.2 Å². The van der Waals surface area contributed by atoms with Gasteiger partial charge in [-0.15, -0.1) is 0 Å². The first-order valence-corrected chi connectivity index (χ1v) is 11.7. The summed E-state index contributed by atoms with van der Waals surface area (Å²) in [6.45, 7) is 4.13. The molecule has 0 aliphatic carbocycles. The van der Waals surface area contributed by atoms with E-state index in [-0.39, 0.29) is 22.6 Å². The minimum absolute atomic E-state index is 0.0284. The fourth-order valence-electron chi connectivity index (χ4n) is 4.00. The third-order valence-corrected chi connectivity index (χ3v) is 5.92. The Bertz CT molecular complexity index is 1560. The van der Waals surface area contributed by atoms with E-state index in [9.17, 15) is 19.2 Å². The van der Waals surface area contributed by atoms with E-state index in [1.807, 2.05) is 54.8 Å². The molecule has 4 aromatic rings. The first-order valence-electron chi connectivity index (χ1n) is 11.7. The number of hydrogen-bond donors (Lipinski definition) is 2. The quantitative estimate of drug-likeness (QED) is 0.222. The Hall–Kier alpha value is -5.16. The van der Waals surface area contributed by atoms with E-state index >= 15 is 0 Å². The van der Waals surface area contributed by atoms with Crippen LogP contribution in [0, 0.1) is 31.0 Å². The van der Waals surface area contributed by atoms with Gasteiger partial charge in [-0.2, -0.15) is 5.26 Å². The summed E-state index contributed by atoms with van der Waals surface area (Å²) in [6.07, 6.45) is 1.51. The molecule has 38 heavy (non-hydrogen) atoms. The zero-order valence-electron chi connectivity index (χ0n) is 20.7. The van der Waals surface area contributed by atoms with E-state index in [4.69, 9.17) is 9.84 Å². The number of aromatic nitrogens is 1. The van der Waals surface area contributed by atoms with Crippen LogP contribution in [0.1, 0.15) is 32.9 Å². The number of nitrogens with one attached hydrogen (secondary N) is 1. The molecule has 4 rings (SSSR count). The van der Waals surface area contributed by atoms with Crippen molar-refractivity contribution in [2.24, 2.45) is 0 Å². The molecule has 0 aliphatic rings. The summed E-state index contributed by atoms with van der Waals surface area (Å²) in [4.78, 5) is 23.9. The van der Waals surface area contributed by atoms with E-state index in [0.29, 0.717) is 17.9 Å². The van der Waals surface area contributed by atoms with E-state index in [1.165, 1.54) is 36.4 Å². The number of carbonyl (C=O) groups excluding carboxylic acids is 1. The number of aromatic carboxylic acids is 1. The number of ether oxygens (including phenoxy) is 1. The van der Waals surface area contributed by atoms with Crippen LogP contribution in [0.15, 0.2) is 84.4 Å². The van der Waals surface area contributed by atoms with Crippen molar-refractivity contribution in [2.45, 2.75) is 20.5 Å². The van der Waals surface area contributed by atoms with Crippen molar-refractivity contribution >= 4 is 23.6 Å². The molecular weight excluding hydrogens is 485 g/mol. The van der Waals surface area contributed by atoms with Crippen molar-refractivity contribution in [3.8, 4) is 17.5 Å². The Balaban J connectivity index is 1.51. The molecule has 0 aliphatic heterocycles. The van der Waals surface area contributed by atoms with Gasteiger partial charge in [-0.25, -0.2) is 9.18 Å². The number of carboxylic acid groups (broad SMARTS) is 1. The topological polar surface area (TPSA) is 104 Å². The zero-order chi connectivity index (χ0) is 27.2. The smallest absolute Gasteiger partial charge is 0.335 e. The second kappa shape index (κ2) is 11.3. The standard InChI is InChI=1S/C30H24FN3O4/c1-19-14-23(15-24(17-32)29(35)33-26-5-3-4-22(16-26)30(36)37)20(2)34(19)27-10-12-28(13-11-27)38-18-21-6-8-25(31)9-7-21/h3-16H,18H2,1-2H3,(H,33,35)(H,36,37)/b24-15-. The van der Waals surface area contributed by atoms with Crippen molar-refractivity contribution in [3.05, 3.63) is 118 Å². The van der Waals surface area contributed by atoms with Crippen molar-refractivity contribution in [1.82, 2.24) is 4.57 Å². The van der Waals surface area contributed by atoms with Gasteiger partial charge in [0, 0.05) is 22.8 Å². The molecule has 3 aromatic carbocycles. The first-order chi connectivity index (χ1) is 18.2. The lowest BCUT2D eigenvalue weighted by Crippen LogP contribution is -2.14. The second-order valence-electron chi connectivity index (χ2n) is 8.58. The molecule has 0 atom stereocenters. The highest BCUT2D eigenvalue weighted by molar-refractivity contribution is 6.10. The van der Waals surface area contributed by atoms with Crippen molar-refractivity contribution in [1.29, 1.82) is 5.26 Å². The normalized spacial score (nSPS) is 11.1. The molecule has 0 spiro atoms. The Kier molecular flexibility index (Phi) is 7.69. The number of anilines is 1. The molecule has 8 heteroatoms. The van der Waals surface area contributed by atoms with Gasteiger partial charge in [0.1, 0.15) is 29.8 Å². The lowest BCUT2D eigenvalue weighted by molar-refractivity contribution is -0.112. The monoisotopic (exact) mass is 509 g/mol. The molecule has 0 bridgehead atoms. The Morgan fingerprint density at radius 1 is 1.05 bits per heavy atom. The molecular formula is C30H24FN3O4. The van der Waals surface area contributed by atoms with E-state index in [2.05, 4.69) is 5.32 Å². The fraction of sp³-hybridized carbons (Fsp3) is 0.100. The van der Waals surface area contributed by atoms with Gasteiger partial charge >= 0.3 is 5.97 Å². The van der Waals surface area contributed by atoms with E-state index in [0.717, 1.165) is 22.6 Å². The molecule has 1 heterocycles. The number of benzene rings is 3. The average molecular weight is 510 g/mol. The van der Waals surface area contributed by atoms with Crippen LogP contribution >= 0.6 is 0 Å². The summed E-state index contributed by atoms with van der Waals surface area (Å²) in [5.74, 6) is -1.38. The summed E-state index contributed by atoms with van der Waals surface area (Å²) >= 11 is 0. The summed E-state index contributed by atoms with van der Waals surface area (Å²) in [6, 6.07) is 23.2. The van der Waals surface area contributed by atoms with Crippen LogP contribution in [0.2, 0.25) is 0 Å². The highest BCUT2D eigenvalue weighted by Gasteiger charge is 2.15. The Morgan fingerprint density at radius 2 is 1.76 bits per heavy atom. The van der Waals surface area contributed by atoms with Gasteiger partial charge in [0.15, 0.2) is 0 Å². The maximum absolute atomic E-state index is 13.1. The largest absolute Gasteiger partial charge is 0.489 e. The Morgan fingerprint density at radius 3 is 2.42 bits per heavy atom.